The van der Waals surface area contributed by atoms with Gasteiger partial charge in [0.15, 0.2) is 0 Å². The van der Waals surface area contributed by atoms with Crippen LogP contribution in [-0.4, -0.2) is 18.4 Å². The molecule has 1 aliphatic heterocycles. The molecule has 1 saturated heterocycles. The van der Waals surface area contributed by atoms with Crippen molar-refractivity contribution < 1.29 is 22.8 Å². The van der Waals surface area contributed by atoms with E-state index in [0.717, 1.165) is 11.6 Å². The van der Waals surface area contributed by atoms with Crippen molar-refractivity contribution in [1.29, 1.82) is 0 Å². The van der Waals surface area contributed by atoms with E-state index in [1.807, 2.05) is 19.1 Å². The van der Waals surface area contributed by atoms with Crippen LogP contribution in [0.1, 0.15) is 17.5 Å². The normalized spacial score (nSPS) is 17.5. The van der Waals surface area contributed by atoms with Gasteiger partial charge in [-0.25, -0.2) is 0 Å². The van der Waals surface area contributed by atoms with Crippen LogP contribution in [0.15, 0.2) is 48.5 Å². The topological polar surface area (TPSA) is 49.4 Å². The Bertz CT molecular complexity index is 849. The number of nitrogens with zero attached hydrogens (tertiary/aromatic N) is 1. The molecule has 1 heterocycles. The van der Waals surface area contributed by atoms with Crippen molar-refractivity contribution >= 4 is 23.2 Å². The summed E-state index contributed by atoms with van der Waals surface area (Å²) in [7, 11) is 0. The van der Waals surface area contributed by atoms with Gasteiger partial charge in [-0.2, -0.15) is 13.2 Å². The molecule has 2 aromatic rings. The van der Waals surface area contributed by atoms with Gasteiger partial charge in [-0.05, 0) is 30.7 Å². The third-order valence-electron chi connectivity index (χ3n) is 4.39. The first-order valence-corrected chi connectivity index (χ1v) is 8.10. The van der Waals surface area contributed by atoms with Crippen LogP contribution in [-0.2, 0) is 15.8 Å². The largest absolute Gasteiger partial charge is 0.418 e. The summed E-state index contributed by atoms with van der Waals surface area (Å²) in [5.41, 5.74) is 0.396. The highest BCUT2D eigenvalue weighted by Crippen LogP contribution is 2.35. The van der Waals surface area contributed by atoms with Crippen molar-refractivity contribution in [3.63, 3.8) is 0 Å². The molecule has 3 rings (SSSR count). The number of carbonyl (C=O) groups excluding carboxylic acids is 2. The Kier molecular flexibility index (Phi) is 4.71. The maximum atomic E-state index is 13.1. The molecule has 0 radical (unpaired) electrons. The highest BCUT2D eigenvalue weighted by molar-refractivity contribution is 6.04. The maximum absolute atomic E-state index is 13.1. The Morgan fingerprint density at radius 3 is 2.46 bits per heavy atom. The fourth-order valence-corrected chi connectivity index (χ4v) is 3.06. The molecule has 2 aromatic carbocycles. The average Bonchev–Trinajstić information content (AvgIpc) is 2.97. The van der Waals surface area contributed by atoms with E-state index in [-0.39, 0.29) is 24.6 Å². The van der Waals surface area contributed by atoms with Crippen molar-refractivity contribution in [3.8, 4) is 0 Å². The average molecular weight is 362 g/mol. The molecular formula is C19H17F3N2O2. The predicted octanol–water partition coefficient (Wildman–Crippen LogP) is 4.01. The number of anilines is 2. The zero-order valence-electron chi connectivity index (χ0n) is 14.0. The highest BCUT2D eigenvalue weighted by atomic mass is 19.4. The van der Waals surface area contributed by atoms with Gasteiger partial charge in [0.05, 0.1) is 17.2 Å². The van der Waals surface area contributed by atoms with Crippen LogP contribution in [0.2, 0.25) is 0 Å². The zero-order chi connectivity index (χ0) is 18.9. The standard InChI is InChI=1S/C19H17F3N2O2/c1-12-6-2-5-9-16(12)24-11-13(10-17(24)25)18(26)23-15-8-4-3-7-14(15)19(20,21)22/h2-9,13H,10-11H2,1H3,(H,23,26)/t13-/m1/s1. The maximum Gasteiger partial charge on any atom is 0.418 e. The van der Waals surface area contributed by atoms with E-state index < -0.39 is 23.6 Å². The molecule has 0 unspecified atom stereocenters. The molecule has 1 N–H and O–H groups in total. The minimum atomic E-state index is -4.57. The summed E-state index contributed by atoms with van der Waals surface area (Å²) in [6.07, 6.45) is -4.60. The number of benzene rings is 2. The molecule has 1 fully saturated rings. The van der Waals surface area contributed by atoms with Crippen LogP contribution in [0.4, 0.5) is 24.5 Å². The van der Waals surface area contributed by atoms with Gasteiger partial charge >= 0.3 is 6.18 Å². The second-order valence-electron chi connectivity index (χ2n) is 6.22. The van der Waals surface area contributed by atoms with E-state index >= 15 is 0 Å². The van der Waals surface area contributed by atoms with Gasteiger partial charge in [0.2, 0.25) is 11.8 Å². The highest BCUT2D eigenvalue weighted by Gasteiger charge is 2.37. The molecule has 0 bridgehead atoms. The molecule has 0 spiro atoms. The third kappa shape index (κ3) is 3.56. The van der Waals surface area contributed by atoms with Crippen LogP contribution in [0.3, 0.4) is 0 Å². The van der Waals surface area contributed by atoms with Gasteiger partial charge in [0.1, 0.15) is 0 Å². The monoisotopic (exact) mass is 362 g/mol. The molecular weight excluding hydrogens is 345 g/mol. The van der Waals surface area contributed by atoms with Crippen molar-refractivity contribution in [2.45, 2.75) is 19.5 Å². The fourth-order valence-electron chi connectivity index (χ4n) is 3.06. The second-order valence-corrected chi connectivity index (χ2v) is 6.22. The van der Waals surface area contributed by atoms with Crippen molar-refractivity contribution in [2.75, 3.05) is 16.8 Å². The van der Waals surface area contributed by atoms with E-state index in [0.29, 0.717) is 5.69 Å². The molecule has 1 atom stereocenters. The first kappa shape index (κ1) is 18.0. The molecule has 7 heteroatoms. The molecule has 4 nitrogen and oxygen atoms in total. The van der Waals surface area contributed by atoms with Crippen molar-refractivity contribution in [2.24, 2.45) is 5.92 Å². The number of alkyl halides is 3. The molecule has 0 aliphatic carbocycles. The van der Waals surface area contributed by atoms with Crippen LogP contribution in [0, 0.1) is 12.8 Å². The van der Waals surface area contributed by atoms with E-state index in [1.54, 1.807) is 12.1 Å². The number of carbonyl (C=O) groups is 2. The SMILES string of the molecule is Cc1ccccc1N1C[C@H](C(=O)Nc2ccccc2C(F)(F)F)CC1=O. The third-order valence-corrected chi connectivity index (χ3v) is 4.39. The van der Waals surface area contributed by atoms with Crippen LogP contribution in [0.5, 0.6) is 0 Å². The van der Waals surface area contributed by atoms with E-state index in [2.05, 4.69) is 5.32 Å². The number of aryl methyl sites for hydroxylation is 1. The first-order chi connectivity index (χ1) is 12.3. The molecule has 0 saturated carbocycles. The van der Waals surface area contributed by atoms with Gasteiger partial charge in [0.25, 0.3) is 0 Å². The summed E-state index contributed by atoms with van der Waals surface area (Å²) in [5, 5.41) is 2.33. The molecule has 1 aliphatic rings. The van der Waals surface area contributed by atoms with Gasteiger partial charge in [-0.1, -0.05) is 30.3 Å². The van der Waals surface area contributed by atoms with Crippen molar-refractivity contribution in [1.82, 2.24) is 0 Å². The minimum Gasteiger partial charge on any atom is -0.325 e. The molecule has 2 amide bonds. The van der Waals surface area contributed by atoms with E-state index in [4.69, 9.17) is 0 Å². The summed E-state index contributed by atoms with van der Waals surface area (Å²) < 4.78 is 39.2. The Morgan fingerprint density at radius 1 is 1.12 bits per heavy atom. The summed E-state index contributed by atoms with van der Waals surface area (Å²) in [4.78, 5) is 26.2. The lowest BCUT2D eigenvalue weighted by Gasteiger charge is -2.19. The zero-order valence-corrected chi connectivity index (χ0v) is 14.0. The summed E-state index contributed by atoms with van der Waals surface area (Å²) >= 11 is 0. The number of hydrogen-bond donors (Lipinski definition) is 1. The quantitative estimate of drug-likeness (QED) is 0.897. The van der Waals surface area contributed by atoms with Crippen molar-refractivity contribution in [3.05, 3.63) is 59.7 Å². The molecule has 0 aromatic heterocycles. The lowest BCUT2D eigenvalue weighted by atomic mass is 10.1. The molecule has 26 heavy (non-hydrogen) atoms. The molecule has 136 valence electrons. The summed E-state index contributed by atoms with van der Waals surface area (Å²) in [5.74, 6) is -1.52. The number of amides is 2. The number of hydrogen-bond acceptors (Lipinski definition) is 2. The Hall–Kier alpha value is -2.83. The van der Waals surface area contributed by atoms with Gasteiger partial charge < -0.3 is 10.2 Å². The number of nitrogens with one attached hydrogen (secondary N) is 1. The Labute approximate surface area is 148 Å². The van der Waals surface area contributed by atoms with Crippen LogP contribution < -0.4 is 10.2 Å². The van der Waals surface area contributed by atoms with Gasteiger partial charge in [-0.3, -0.25) is 9.59 Å². The lowest BCUT2D eigenvalue weighted by molar-refractivity contribution is -0.137. The number of para-hydroxylation sites is 2. The second kappa shape index (κ2) is 6.82. The fraction of sp³-hybridized carbons (Fsp3) is 0.263. The lowest BCUT2D eigenvalue weighted by Crippen LogP contribution is -2.29. The summed E-state index contributed by atoms with van der Waals surface area (Å²) in [6.45, 7) is 2.00. The van der Waals surface area contributed by atoms with E-state index in [9.17, 15) is 22.8 Å². The predicted molar refractivity (Wildman–Crippen MR) is 91.7 cm³/mol. The van der Waals surface area contributed by atoms with Crippen LogP contribution >= 0.6 is 0 Å². The van der Waals surface area contributed by atoms with Gasteiger partial charge in [-0.15, -0.1) is 0 Å². The number of halogens is 3. The number of rotatable bonds is 3. The Morgan fingerprint density at radius 2 is 1.77 bits per heavy atom. The smallest absolute Gasteiger partial charge is 0.325 e. The summed E-state index contributed by atoms with van der Waals surface area (Å²) in [6, 6.07) is 12.1. The van der Waals surface area contributed by atoms with E-state index in [1.165, 1.54) is 23.1 Å². The van der Waals surface area contributed by atoms with Crippen LogP contribution in [0.25, 0.3) is 0 Å². The Balaban J connectivity index is 1.77. The van der Waals surface area contributed by atoms with Gasteiger partial charge in [0, 0.05) is 18.7 Å². The minimum absolute atomic E-state index is 0.0334. The first-order valence-electron chi connectivity index (χ1n) is 8.10.